The van der Waals surface area contributed by atoms with Crippen LogP contribution in [0.15, 0.2) is 29.1 Å². The van der Waals surface area contributed by atoms with Gasteiger partial charge in [-0.1, -0.05) is 12.1 Å². The molecule has 4 N–H and O–H groups in total. The summed E-state index contributed by atoms with van der Waals surface area (Å²) in [7, 11) is 0. The first-order valence-corrected chi connectivity index (χ1v) is 7.37. The Labute approximate surface area is 128 Å². The van der Waals surface area contributed by atoms with Crippen LogP contribution < -0.4 is 10.9 Å². The second-order valence-corrected chi connectivity index (χ2v) is 5.30. The van der Waals surface area contributed by atoms with Crippen LogP contribution in [0.25, 0.3) is 10.9 Å². The van der Waals surface area contributed by atoms with Crippen molar-refractivity contribution in [1.82, 2.24) is 9.88 Å². The maximum Gasteiger partial charge on any atom is 0.259 e. The van der Waals surface area contributed by atoms with Gasteiger partial charge in [-0.15, -0.1) is 0 Å². The van der Waals surface area contributed by atoms with Gasteiger partial charge >= 0.3 is 0 Å². The van der Waals surface area contributed by atoms with Crippen LogP contribution >= 0.6 is 0 Å². The molecule has 1 aromatic carbocycles. The Morgan fingerprint density at radius 1 is 1.32 bits per heavy atom. The van der Waals surface area contributed by atoms with E-state index in [0.717, 1.165) is 0 Å². The van der Waals surface area contributed by atoms with Gasteiger partial charge in [0.2, 0.25) is 0 Å². The van der Waals surface area contributed by atoms with Gasteiger partial charge in [-0.3, -0.25) is 4.79 Å². The third-order valence-electron chi connectivity index (χ3n) is 3.80. The number of aliphatic hydroxyl groups excluding tert-OH is 2. The van der Waals surface area contributed by atoms with Crippen LogP contribution in [0.5, 0.6) is 5.75 Å². The van der Waals surface area contributed by atoms with Crippen molar-refractivity contribution in [1.29, 1.82) is 0 Å². The summed E-state index contributed by atoms with van der Waals surface area (Å²) < 4.78 is 1.62. The number of nitrogens with zero attached hydrogens (tertiary/aromatic N) is 1. The van der Waals surface area contributed by atoms with Gasteiger partial charge in [-0.05, 0) is 26.0 Å². The summed E-state index contributed by atoms with van der Waals surface area (Å²) in [5.74, 6) is -0.0382. The highest BCUT2D eigenvalue weighted by Crippen LogP contribution is 2.29. The fourth-order valence-electron chi connectivity index (χ4n) is 2.59. The largest absolute Gasteiger partial charge is 0.507 e. The Kier molecular flexibility index (Phi) is 5.18. The minimum absolute atomic E-state index is 0.0382. The van der Waals surface area contributed by atoms with Crippen LogP contribution in [0.4, 0.5) is 0 Å². The highest BCUT2D eigenvalue weighted by atomic mass is 16.3. The second kappa shape index (κ2) is 6.91. The number of aliphatic hydroxyl groups is 2. The van der Waals surface area contributed by atoms with E-state index in [1.54, 1.807) is 23.6 Å². The zero-order valence-corrected chi connectivity index (χ0v) is 12.8. The van der Waals surface area contributed by atoms with Crippen molar-refractivity contribution in [2.75, 3.05) is 13.2 Å². The number of hydrogen-bond acceptors (Lipinski definition) is 5. The van der Waals surface area contributed by atoms with Crippen LogP contribution in [0.1, 0.15) is 25.5 Å². The van der Waals surface area contributed by atoms with E-state index in [1.165, 1.54) is 0 Å². The fourth-order valence-corrected chi connectivity index (χ4v) is 2.59. The molecule has 0 bridgehead atoms. The van der Waals surface area contributed by atoms with Crippen molar-refractivity contribution in [3.63, 3.8) is 0 Å². The molecule has 22 heavy (non-hydrogen) atoms. The molecule has 0 saturated carbocycles. The van der Waals surface area contributed by atoms with Crippen molar-refractivity contribution >= 4 is 10.9 Å². The van der Waals surface area contributed by atoms with Crippen molar-refractivity contribution in [2.45, 2.75) is 32.5 Å². The van der Waals surface area contributed by atoms with Gasteiger partial charge in [0, 0.05) is 24.5 Å². The minimum Gasteiger partial charge on any atom is -0.507 e. The summed E-state index contributed by atoms with van der Waals surface area (Å²) in [6, 6.07) is 6.76. The van der Waals surface area contributed by atoms with E-state index in [1.807, 2.05) is 19.1 Å². The number of aromatic hydroxyl groups is 1. The number of aromatic nitrogens is 1. The number of rotatable bonds is 6. The molecule has 120 valence electrons. The van der Waals surface area contributed by atoms with Crippen molar-refractivity contribution in [2.24, 2.45) is 0 Å². The van der Waals surface area contributed by atoms with Crippen LogP contribution in [0.2, 0.25) is 0 Å². The second-order valence-electron chi connectivity index (χ2n) is 5.30. The molecular weight excluding hydrogens is 284 g/mol. The highest BCUT2D eigenvalue weighted by molar-refractivity contribution is 5.86. The molecule has 0 aliphatic heterocycles. The molecule has 0 aliphatic carbocycles. The Balaban J connectivity index is 2.51. The number of aryl methyl sites for hydroxylation is 1. The maximum atomic E-state index is 12.6. The van der Waals surface area contributed by atoms with Gasteiger partial charge in [0.25, 0.3) is 5.56 Å². The van der Waals surface area contributed by atoms with E-state index < -0.39 is 12.1 Å². The van der Waals surface area contributed by atoms with E-state index in [-0.39, 0.29) is 30.0 Å². The lowest BCUT2D eigenvalue weighted by atomic mass is 10.0. The molecule has 0 spiro atoms. The van der Waals surface area contributed by atoms with Crippen molar-refractivity contribution in [3.8, 4) is 5.75 Å². The van der Waals surface area contributed by atoms with Crippen LogP contribution in [0.3, 0.4) is 0 Å². The quantitative estimate of drug-likeness (QED) is 0.631. The molecule has 0 unspecified atom stereocenters. The third kappa shape index (κ3) is 2.99. The molecule has 2 atom stereocenters. The van der Waals surface area contributed by atoms with Crippen LogP contribution in [-0.4, -0.2) is 39.1 Å². The third-order valence-corrected chi connectivity index (χ3v) is 3.80. The van der Waals surface area contributed by atoms with Gasteiger partial charge in [-0.25, -0.2) is 0 Å². The molecule has 6 heteroatoms. The molecule has 0 fully saturated rings. The lowest BCUT2D eigenvalue weighted by Crippen LogP contribution is -2.35. The van der Waals surface area contributed by atoms with Gasteiger partial charge in [0.15, 0.2) is 0 Å². The maximum absolute atomic E-state index is 12.6. The lowest BCUT2D eigenvalue weighted by Gasteiger charge is -2.20. The minimum atomic E-state index is -0.904. The summed E-state index contributed by atoms with van der Waals surface area (Å²) >= 11 is 0. The molecule has 2 aromatic rings. The zero-order chi connectivity index (χ0) is 16.3. The van der Waals surface area contributed by atoms with Crippen molar-refractivity contribution in [3.05, 3.63) is 40.2 Å². The summed E-state index contributed by atoms with van der Waals surface area (Å²) in [6.07, 6.45) is -0.904. The standard InChI is InChI=1S/C16H22N2O4/c1-3-18-13-7-5-4-6-12(13)15(21)14(16(18)22)10(2)17-8-11(20)9-19/h4-7,10-11,17,19-21H,3,8-9H2,1-2H3/t10-,11+/m1/s1. The van der Waals surface area contributed by atoms with E-state index in [9.17, 15) is 15.0 Å². The summed E-state index contributed by atoms with van der Waals surface area (Å²) in [6.45, 7) is 3.90. The Bertz CT molecular complexity index is 711. The number of nitrogens with one attached hydrogen (secondary N) is 1. The van der Waals surface area contributed by atoms with E-state index in [4.69, 9.17) is 5.11 Å². The molecule has 6 nitrogen and oxygen atoms in total. The van der Waals surface area contributed by atoms with Crippen LogP contribution in [-0.2, 0) is 6.54 Å². The molecule has 2 rings (SSSR count). The SMILES string of the molecule is CCn1c(=O)c([C@@H](C)NC[C@H](O)CO)c(O)c2ccccc21. The Hall–Kier alpha value is -1.89. The molecule has 0 radical (unpaired) electrons. The first kappa shape index (κ1) is 16.5. The summed E-state index contributed by atoms with van der Waals surface area (Å²) in [5.41, 5.74) is 0.710. The van der Waals surface area contributed by atoms with Gasteiger partial charge < -0.3 is 25.2 Å². The predicted molar refractivity (Wildman–Crippen MR) is 85.1 cm³/mol. The predicted octanol–water partition coefficient (Wildman–Crippen LogP) is 0.731. The van der Waals surface area contributed by atoms with Gasteiger partial charge in [0.05, 0.1) is 23.8 Å². The first-order valence-electron chi connectivity index (χ1n) is 7.37. The number of pyridine rings is 1. The molecule has 0 aliphatic rings. The van der Waals surface area contributed by atoms with E-state index in [0.29, 0.717) is 17.4 Å². The monoisotopic (exact) mass is 306 g/mol. The molecule has 1 heterocycles. The van der Waals surface area contributed by atoms with Crippen molar-refractivity contribution < 1.29 is 15.3 Å². The van der Waals surface area contributed by atoms with Gasteiger partial charge in [0.1, 0.15) is 5.75 Å². The molecule has 1 aromatic heterocycles. The number of benzene rings is 1. The number of fused-ring (bicyclic) bond motifs is 1. The lowest BCUT2D eigenvalue weighted by molar-refractivity contribution is 0.0922. The molecule has 0 saturated heterocycles. The molecular formula is C16H22N2O4. The van der Waals surface area contributed by atoms with E-state index >= 15 is 0 Å². The number of para-hydroxylation sites is 1. The normalized spacial score (nSPS) is 14.2. The van der Waals surface area contributed by atoms with E-state index in [2.05, 4.69) is 5.32 Å². The average Bonchev–Trinajstić information content (AvgIpc) is 2.53. The topological polar surface area (TPSA) is 94.7 Å². The fraction of sp³-hybridized carbons (Fsp3) is 0.438. The average molecular weight is 306 g/mol. The number of hydrogen-bond donors (Lipinski definition) is 4. The van der Waals surface area contributed by atoms with Crippen LogP contribution in [0, 0.1) is 0 Å². The Morgan fingerprint density at radius 2 is 2.00 bits per heavy atom. The molecule has 0 amide bonds. The summed E-state index contributed by atoms with van der Waals surface area (Å²) in [5, 5.41) is 32.3. The first-order chi connectivity index (χ1) is 10.5. The summed E-state index contributed by atoms with van der Waals surface area (Å²) in [4.78, 5) is 12.6. The highest BCUT2D eigenvalue weighted by Gasteiger charge is 2.20. The smallest absolute Gasteiger partial charge is 0.259 e. The van der Waals surface area contributed by atoms with Gasteiger partial charge in [-0.2, -0.15) is 0 Å². The zero-order valence-electron chi connectivity index (χ0n) is 12.8. The Morgan fingerprint density at radius 3 is 2.64 bits per heavy atom.